The van der Waals surface area contributed by atoms with Crippen LogP contribution in [0, 0.1) is 5.92 Å². The largest absolute Gasteiger partial charge is 0.395 e. The molecule has 2 atom stereocenters. The van der Waals surface area contributed by atoms with E-state index in [4.69, 9.17) is 0 Å². The highest BCUT2D eigenvalue weighted by molar-refractivity contribution is 5.78. The van der Waals surface area contributed by atoms with Gasteiger partial charge in [0.2, 0.25) is 5.91 Å². The zero-order valence-corrected chi connectivity index (χ0v) is 9.28. The molecule has 1 amide bonds. The van der Waals surface area contributed by atoms with Crippen molar-refractivity contribution in [3.8, 4) is 0 Å². The summed E-state index contributed by atoms with van der Waals surface area (Å²) in [6, 6.07) is 0.138. The number of hydrogen-bond donors (Lipinski definition) is 2. The number of rotatable bonds is 5. The van der Waals surface area contributed by atoms with Gasteiger partial charge in [-0.3, -0.25) is 9.69 Å². The summed E-state index contributed by atoms with van der Waals surface area (Å²) in [5, 5.41) is 11.9. The number of likely N-dealkylation sites (tertiary alicyclic amines) is 1. The minimum atomic E-state index is 0.00227. The maximum atomic E-state index is 11.4. The topological polar surface area (TPSA) is 52.6 Å². The maximum Gasteiger partial charge on any atom is 0.234 e. The molecule has 2 unspecified atom stereocenters. The smallest absolute Gasteiger partial charge is 0.234 e. The predicted molar refractivity (Wildman–Crippen MR) is 59.4 cm³/mol. The molecule has 1 rings (SSSR count). The number of nitrogens with zero attached hydrogens (tertiary/aromatic N) is 1. The number of carbonyl (C=O) groups is 1. The lowest BCUT2D eigenvalue weighted by Gasteiger charge is -2.24. The molecule has 1 aliphatic rings. The molecule has 4 nitrogen and oxygen atoms in total. The van der Waals surface area contributed by atoms with Crippen molar-refractivity contribution in [1.29, 1.82) is 0 Å². The van der Waals surface area contributed by atoms with Crippen LogP contribution < -0.4 is 5.32 Å². The third kappa shape index (κ3) is 3.32. The molecule has 0 aromatic rings. The Labute approximate surface area is 91.0 Å². The Balaban J connectivity index is 2.37. The van der Waals surface area contributed by atoms with Crippen LogP contribution in [0.2, 0.25) is 0 Å². The number of aliphatic hydroxyl groups excluding tert-OH is 1. The van der Waals surface area contributed by atoms with Crippen LogP contribution in [0.3, 0.4) is 0 Å². The summed E-state index contributed by atoms with van der Waals surface area (Å²) in [6.07, 6.45) is 2.72. The van der Waals surface area contributed by atoms with E-state index in [0.29, 0.717) is 19.0 Å². The lowest BCUT2D eigenvalue weighted by Crippen LogP contribution is -2.42. The van der Waals surface area contributed by atoms with Crippen molar-refractivity contribution >= 4 is 5.91 Å². The highest BCUT2D eigenvalue weighted by Crippen LogP contribution is 2.22. The van der Waals surface area contributed by atoms with Gasteiger partial charge in [-0.25, -0.2) is 0 Å². The number of carbonyl (C=O) groups excluding carboxylic acids is 1. The van der Waals surface area contributed by atoms with Crippen LogP contribution in [0.4, 0.5) is 0 Å². The van der Waals surface area contributed by atoms with Crippen LogP contribution in [0.5, 0.6) is 0 Å². The highest BCUT2D eigenvalue weighted by atomic mass is 16.3. The SMILES string of the molecule is C=CCNC(=O)CN1CCC(C)C1CO. The van der Waals surface area contributed by atoms with Crippen molar-refractivity contribution in [3.05, 3.63) is 12.7 Å². The second kappa shape index (κ2) is 5.88. The van der Waals surface area contributed by atoms with Gasteiger partial charge in [-0.15, -0.1) is 6.58 Å². The van der Waals surface area contributed by atoms with E-state index >= 15 is 0 Å². The zero-order valence-electron chi connectivity index (χ0n) is 9.28. The summed E-state index contributed by atoms with van der Waals surface area (Å²) in [5.74, 6) is 0.477. The molecule has 15 heavy (non-hydrogen) atoms. The van der Waals surface area contributed by atoms with Crippen LogP contribution in [0.1, 0.15) is 13.3 Å². The van der Waals surface area contributed by atoms with E-state index in [1.165, 1.54) is 0 Å². The Kier molecular flexibility index (Phi) is 4.78. The van der Waals surface area contributed by atoms with Crippen LogP contribution in [-0.2, 0) is 4.79 Å². The summed E-state index contributed by atoms with van der Waals surface area (Å²) in [7, 11) is 0. The van der Waals surface area contributed by atoms with E-state index in [9.17, 15) is 9.90 Å². The third-order valence-corrected chi connectivity index (χ3v) is 2.97. The van der Waals surface area contributed by atoms with Crippen LogP contribution >= 0.6 is 0 Å². The van der Waals surface area contributed by atoms with Crippen LogP contribution in [-0.4, -0.2) is 48.2 Å². The molecule has 1 fully saturated rings. The van der Waals surface area contributed by atoms with Gasteiger partial charge in [-0.2, -0.15) is 0 Å². The van der Waals surface area contributed by atoms with Crippen LogP contribution in [0.25, 0.3) is 0 Å². The summed E-state index contributed by atoms with van der Waals surface area (Å²) in [5.41, 5.74) is 0. The Morgan fingerprint density at radius 3 is 3.07 bits per heavy atom. The molecule has 0 aromatic carbocycles. The zero-order chi connectivity index (χ0) is 11.3. The lowest BCUT2D eigenvalue weighted by atomic mass is 10.0. The third-order valence-electron chi connectivity index (χ3n) is 2.97. The molecule has 1 heterocycles. The maximum absolute atomic E-state index is 11.4. The summed E-state index contributed by atoms with van der Waals surface area (Å²) in [6.45, 7) is 7.57. The fourth-order valence-electron chi connectivity index (χ4n) is 2.01. The molecule has 0 aliphatic carbocycles. The first-order valence-corrected chi connectivity index (χ1v) is 5.41. The molecule has 1 aliphatic heterocycles. The number of hydrogen-bond acceptors (Lipinski definition) is 3. The first-order valence-electron chi connectivity index (χ1n) is 5.41. The molecule has 86 valence electrons. The summed E-state index contributed by atoms with van der Waals surface area (Å²) >= 11 is 0. The minimum absolute atomic E-state index is 0.00227. The predicted octanol–water partition coefficient (Wildman–Crippen LogP) is -0.00870. The highest BCUT2D eigenvalue weighted by Gasteiger charge is 2.31. The number of nitrogens with one attached hydrogen (secondary N) is 1. The van der Waals surface area contributed by atoms with Crippen molar-refractivity contribution in [2.24, 2.45) is 5.92 Å². The van der Waals surface area contributed by atoms with Gasteiger partial charge in [-0.05, 0) is 18.9 Å². The van der Waals surface area contributed by atoms with Gasteiger partial charge >= 0.3 is 0 Å². The summed E-state index contributed by atoms with van der Waals surface area (Å²) < 4.78 is 0. The normalized spacial score (nSPS) is 26.5. The average Bonchev–Trinajstić information content (AvgIpc) is 2.56. The second-order valence-corrected chi connectivity index (χ2v) is 4.08. The van der Waals surface area contributed by atoms with E-state index in [1.807, 2.05) is 4.90 Å². The fourth-order valence-corrected chi connectivity index (χ4v) is 2.01. The van der Waals surface area contributed by atoms with Crippen molar-refractivity contribution < 1.29 is 9.90 Å². The molecule has 0 saturated carbocycles. The van der Waals surface area contributed by atoms with E-state index in [1.54, 1.807) is 6.08 Å². The quantitative estimate of drug-likeness (QED) is 0.630. The fraction of sp³-hybridized carbons (Fsp3) is 0.727. The van der Waals surface area contributed by atoms with E-state index in [-0.39, 0.29) is 18.6 Å². The van der Waals surface area contributed by atoms with Gasteiger partial charge in [0, 0.05) is 12.6 Å². The van der Waals surface area contributed by atoms with Crippen molar-refractivity contribution in [1.82, 2.24) is 10.2 Å². The Bertz CT molecular complexity index is 231. The molecular formula is C11H20N2O2. The van der Waals surface area contributed by atoms with Gasteiger partial charge in [0.15, 0.2) is 0 Å². The second-order valence-electron chi connectivity index (χ2n) is 4.08. The van der Waals surface area contributed by atoms with Gasteiger partial charge in [-0.1, -0.05) is 13.0 Å². The monoisotopic (exact) mass is 212 g/mol. The first kappa shape index (κ1) is 12.2. The molecule has 4 heteroatoms. The lowest BCUT2D eigenvalue weighted by molar-refractivity contribution is -0.122. The minimum Gasteiger partial charge on any atom is -0.395 e. The molecule has 0 radical (unpaired) electrons. The molecule has 2 N–H and O–H groups in total. The van der Waals surface area contributed by atoms with Gasteiger partial charge in [0.1, 0.15) is 0 Å². The number of aliphatic hydroxyl groups is 1. The van der Waals surface area contributed by atoms with Crippen molar-refractivity contribution in [2.45, 2.75) is 19.4 Å². The Morgan fingerprint density at radius 2 is 2.47 bits per heavy atom. The van der Waals surface area contributed by atoms with Gasteiger partial charge < -0.3 is 10.4 Å². The number of amides is 1. The Morgan fingerprint density at radius 1 is 1.73 bits per heavy atom. The van der Waals surface area contributed by atoms with Crippen molar-refractivity contribution in [2.75, 3.05) is 26.2 Å². The van der Waals surface area contributed by atoms with E-state index < -0.39 is 0 Å². The molecular weight excluding hydrogens is 192 g/mol. The van der Waals surface area contributed by atoms with Gasteiger partial charge in [0.25, 0.3) is 0 Å². The summed E-state index contributed by atoms with van der Waals surface area (Å²) in [4.78, 5) is 13.5. The molecule has 0 spiro atoms. The molecule has 1 saturated heterocycles. The van der Waals surface area contributed by atoms with E-state index in [0.717, 1.165) is 13.0 Å². The average molecular weight is 212 g/mol. The van der Waals surface area contributed by atoms with Crippen LogP contribution in [0.15, 0.2) is 12.7 Å². The Hall–Kier alpha value is -0.870. The first-order chi connectivity index (χ1) is 7.19. The van der Waals surface area contributed by atoms with Crippen molar-refractivity contribution in [3.63, 3.8) is 0 Å². The molecule has 0 aromatic heterocycles. The van der Waals surface area contributed by atoms with E-state index in [2.05, 4.69) is 18.8 Å². The molecule has 0 bridgehead atoms. The van der Waals surface area contributed by atoms with Gasteiger partial charge in [0.05, 0.1) is 13.2 Å². The standard InChI is InChI=1S/C11H20N2O2/c1-3-5-12-11(15)7-13-6-4-9(2)10(13)8-14/h3,9-10,14H,1,4-8H2,2H3,(H,12,15).